The smallest absolute Gasteiger partial charge is 0.415 e. The molecule has 0 N–H and O–H groups in total. The first kappa shape index (κ1) is 26.1. The zero-order valence-electron chi connectivity index (χ0n) is 21.8. The zero-order valence-corrected chi connectivity index (χ0v) is 21.8. The third-order valence-corrected chi connectivity index (χ3v) is 7.25. The Labute approximate surface area is 220 Å². The summed E-state index contributed by atoms with van der Waals surface area (Å²) in [6.45, 7) is 8.08. The summed E-state index contributed by atoms with van der Waals surface area (Å²) in [4.78, 5) is 16.6. The lowest BCUT2D eigenvalue weighted by molar-refractivity contribution is -0.000959. The Hall–Kier alpha value is -3.52. The number of benzene rings is 3. The van der Waals surface area contributed by atoms with E-state index >= 15 is 0 Å². The molecule has 2 aliphatic heterocycles. The number of anilines is 1. The first-order valence-electron chi connectivity index (χ1n) is 12.9. The van der Waals surface area contributed by atoms with Gasteiger partial charge in [0.25, 0.3) is 0 Å². The Morgan fingerprint density at radius 3 is 2.32 bits per heavy atom. The highest BCUT2D eigenvalue weighted by atomic mass is 19.2. The third kappa shape index (κ3) is 5.23. The molecule has 3 aromatic carbocycles. The molecule has 0 atom stereocenters. The molecule has 1 spiro atoms. The van der Waals surface area contributed by atoms with Crippen molar-refractivity contribution < 1.29 is 27.4 Å². The van der Waals surface area contributed by atoms with Crippen LogP contribution in [0, 0.1) is 24.4 Å². The first-order chi connectivity index (χ1) is 18.1. The van der Waals surface area contributed by atoms with Crippen molar-refractivity contribution in [2.24, 2.45) is 0 Å². The highest BCUT2D eigenvalue weighted by molar-refractivity contribution is 5.90. The van der Waals surface area contributed by atoms with Crippen molar-refractivity contribution >= 4 is 11.8 Å². The zero-order chi connectivity index (χ0) is 27.0. The number of likely N-dealkylation sites (tertiary alicyclic amines) is 1. The first-order valence-corrected chi connectivity index (χ1v) is 12.9. The second-order valence-corrected chi connectivity index (χ2v) is 10.5. The maximum Gasteiger partial charge on any atom is 0.415 e. The van der Waals surface area contributed by atoms with Gasteiger partial charge in [0.15, 0.2) is 17.5 Å². The van der Waals surface area contributed by atoms with Crippen LogP contribution in [-0.2, 0) is 11.3 Å². The highest BCUT2D eigenvalue weighted by Gasteiger charge is 2.47. The van der Waals surface area contributed by atoms with Crippen LogP contribution in [0.4, 0.5) is 23.7 Å². The van der Waals surface area contributed by atoms with E-state index in [2.05, 4.69) is 4.90 Å². The van der Waals surface area contributed by atoms with Crippen molar-refractivity contribution in [3.8, 4) is 16.9 Å². The SMILES string of the molecule is Cc1ccc(N2CC3(CCN(Cc4cc(OC(C)C)ccc4-c4ccc(F)c(F)c4F)CC3)OC2=O)cc1. The summed E-state index contributed by atoms with van der Waals surface area (Å²) >= 11 is 0. The predicted molar refractivity (Wildman–Crippen MR) is 140 cm³/mol. The van der Waals surface area contributed by atoms with Crippen molar-refractivity contribution in [3.63, 3.8) is 0 Å². The van der Waals surface area contributed by atoms with Crippen molar-refractivity contribution in [2.45, 2.75) is 51.9 Å². The standard InChI is InChI=1S/C30H31F3N2O3/c1-19(2)37-23-8-9-24(25-10-11-26(31)28(33)27(25)32)21(16-23)17-34-14-12-30(13-15-34)18-35(29(36)38-30)22-6-4-20(3)5-7-22/h4-11,16,19H,12-15,17-18H2,1-3H3. The molecule has 0 saturated carbocycles. The fourth-order valence-electron chi connectivity index (χ4n) is 5.21. The Balaban J connectivity index is 1.34. The molecule has 0 unspecified atom stereocenters. The number of nitrogens with zero attached hydrogens (tertiary/aromatic N) is 2. The molecule has 38 heavy (non-hydrogen) atoms. The van der Waals surface area contributed by atoms with Crippen LogP contribution < -0.4 is 9.64 Å². The Kier molecular flexibility index (Phi) is 7.09. The lowest BCUT2D eigenvalue weighted by Gasteiger charge is -2.37. The van der Waals surface area contributed by atoms with E-state index in [9.17, 15) is 18.0 Å². The molecule has 0 bridgehead atoms. The molecule has 5 nitrogen and oxygen atoms in total. The molecular formula is C30H31F3N2O3. The summed E-state index contributed by atoms with van der Waals surface area (Å²) < 4.78 is 54.1. The number of halogens is 3. The number of amides is 1. The number of carbonyl (C=O) groups is 1. The van der Waals surface area contributed by atoms with Gasteiger partial charge in [-0.25, -0.2) is 18.0 Å². The summed E-state index contributed by atoms with van der Waals surface area (Å²) in [5.74, 6) is -3.30. The van der Waals surface area contributed by atoms with E-state index < -0.39 is 23.1 Å². The van der Waals surface area contributed by atoms with Crippen LogP contribution in [0.5, 0.6) is 5.75 Å². The van der Waals surface area contributed by atoms with Gasteiger partial charge in [0.1, 0.15) is 11.4 Å². The fourth-order valence-corrected chi connectivity index (χ4v) is 5.21. The number of carbonyl (C=O) groups excluding carboxylic acids is 1. The quantitative estimate of drug-likeness (QED) is 0.331. The Morgan fingerprint density at radius 1 is 0.947 bits per heavy atom. The number of piperidine rings is 1. The molecule has 5 rings (SSSR count). The van der Waals surface area contributed by atoms with Gasteiger partial charge < -0.3 is 9.47 Å². The molecule has 2 heterocycles. The second kappa shape index (κ2) is 10.3. The average molecular weight is 525 g/mol. The van der Waals surface area contributed by atoms with E-state index in [4.69, 9.17) is 9.47 Å². The van der Waals surface area contributed by atoms with Gasteiger partial charge in [-0.1, -0.05) is 23.8 Å². The van der Waals surface area contributed by atoms with Crippen molar-refractivity contribution in [1.29, 1.82) is 0 Å². The summed E-state index contributed by atoms with van der Waals surface area (Å²) in [5.41, 5.74) is 2.61. The van der Waals surface area contributed by atoms with E-state index in [1.54, 1.807) is 17.0 Å². The summed E-state index contributed by atoms with van der Waals surface area (Å²) in [7, 11) is 0. The maximum atomic E-state index is 14.7. The van der Waals surface area contributed by atoms with Crippen LogP contribution in [0.25, 0.3) is 11.1 Å². The number of aryl methyl sites for hydroxylation is 1. The minimum absolute atomic E-state index is 0.00180. The molecule has 3 aromatic rings. The van der Waals surface area contributed by atoms with E-state index in [-0.39, 0.29) is 17.8 Å². The monoisotopic (exact) mass is 524 g/mol. The Bertz CT molecular complexity index is 1340. The predicted octanol–water partition coefficient (Wildman–Crippen LogP) is 6.86. The van der Waals surface area contributed by atoms with Crippen molar-refractivity contribution in [3.05, 3.63) is 83.2 Å². The van der Waals surface area contributed by atoms with Crippen LogP contribution in [0.2, 0.25) is 0 Å². The molecule has 0 aliphatic carbocycles. The highest BCUT2D eigenvalue weighted by Crippen LogP contribution is 2.37. The molecule has 200 valence electrons. The Morgan fingerprint density at radius 2 is 1.63 bits per heavy atom. The van der Waals surface area contributed by atoms with Gasteiger partial charge in [0.2, 0.25) is 0 Å². The number of ether oxygens (including phenoxy) is 2. The van der Waals surface area contributed by atoms with Gasteiger partial charge in [-0.05, 0) is 68.3 Å². The number of rotatable bonds is 6. The normalized spacial score (nSPS) is 17.3. The van der Waals surface area contributed by atoms with Crippen molar-refractivity contribution in [2.75, 3.05) is 24.5 Å². The van der Waals surface area contributed by atoms with Gasteiger partial charge in [0, 0.05) is 43.7 Å². The summed E-state index contributed by atoms with van der Waals surface area (Å²) in [5, 5.41) is 0. The van der Waals surface area contributed by atoms with E-state index in [0.29, 0.717) is 50.3 Å². The molecular weight excluding hydrogens is 493 g/mol. The minimum atomic E-state index is -1.49. The number of hydrogen-bond donors (Lipinski definition) is 0. The molecule has 0 aromatic heterocycles. The van der Waals surface area contributed by atoms with E-state index in [1.807, 2.05) is 51.1 Å². The molecule has 1 amide bonds. The van der Waals surface area contributed by atoms with Gasteiger partial charge in [-0.3, -0.25) is 9.80 Å². The molecule has 0 radical (unpaired) electrons. The molecule has 8 heteroatoms. The molecule has 2 fully saturated rings. The molecule has 2 aliphatic rings. The average Bonchev–Trinajstić information content (AvgIpc) is 3.20. The third-order valence-electron chi connectivity index (χ3n) is 7.25. The van der Waals surface area contributed by atoms with Crippen LogP contribution >= 0.6 is 0 Å². The van der Waals surface area contributed by atoms with E-state index in [1.165, 1.54) is 6.07 Å². The molecule has 2 saturated heterocycles. The van der Waals surface area contributed by atoms with Gasteiger partial charge in [-0.15, -0.1) is 0 Å². The maximum absolute atomic E-state index is 14.7. The van der Waals surface area contributed by atoms with Crippen LogP contribution in [-0.4, -0.2) is 42.3 Å². The number of hydrogen-bond acceptors (Lipinski definition) is 4. The van der Waals surface area contributed by atoms with Crippen LogP contribution in [0.3, 0.4) is 0 Å². The van der Waals surface area contributed by atoms with Gasteiger partial charge in [0.05, 0.1) is 12.6 Å². The van der Waals surface area contributed by atoms with Gasteiger partial charge >= 0.3 is 6.09 Å². The van der Waals surface area contributed by atoms with Gasteiger partial charge in [-0.2, -0.15) is 0 Å². The minimum Gasteiger partial charge on any atom is -0.491 e. The van der Waals surface area contributed by atoms with E-state index in [0.717, 1.165) is 22.9 Å². The van der Waals surface area contributed by atoms with Crippen molar-refractivity contribution in [1.82, 2.24) is 4.90 Å². The van der Waals surface area contributed by atoms with Crippen LogP contribution in [0.1, 0.15) is 37.8 Å². The summed E-state index contributed by atoms with van der Waals surface area (Å²) in [6.07, 6.45) is 0.907. The lowest BCUT2D eigenvalue weighted by Crippen LogP contribution is -2.46. The fraction of sp³-hybridized carbons (Fsp3) is 0.367. The largest absolute Gasteiger partial charge is 0.491 e. The van der Waals surface area contributed by atoms with Crippen LogP contribution in [0.15, 0.2) is 54.6 Å². The summed E-state index contributed by atoms with van der Waals surface area (Å²) in [6, 6.07) is 15.2. The topological polar surface area (TPSA) is 42.0 Å². The second-order valence-electron chi connectivity index (χ2n) is 10.5. The lowest BCUT2D eigenvalue weighted by atomic mass is 9.90.